The lowest BCUT2D eigenvalue weighted by Crippen LogP contribution is -2.54. The number of amides is 1. The predicted molar refractivity (Wildman–Crippen MR) is 106 cm³/mol. The molecule has 2 fully saturated rings. The molecule has 1 aromatic rings. The predicted octanol–water partition coefficient (Wildman–Crippen LogP) is 1.69. The fourth-order valence-corrected chi connectivity index (χ4v) is 5.93. The second-order valence-corrected chi connectivity index (χ2v) is 10.4. The zero-order valence-electron chi connectivity index (χ0n) is 16.7. The van der Waals surface area contributed by atoms with Crippen molar-refractivity contribution >= 4 is 27.6 Å². The lowest BCUT2D eigenvalue weighted by atomic mass is 9.92. The normalized spacial score (nSPS) is 30.2. The van der Waals surface area contributed by atoms with Gasteiger partial charge in [-0.15, -0.1) is 0 Å². The molecule has 3 aliphatic rings. The van der Waals surface area contributed by atoms with Crippen LogP contribution in [-0.2, 0) is 24.3 Å². The molecule has 29 heavy (non-hydrogen) atoms. The second-order valence-electron chi connectivity index (χ2n) is 8.77. The third-order valence-corrected chi connectivity index (χ3v) is 7.42. The van der Waals surface area contributed by atoms with E-state index in [0.717, 1.165) is 12.8 Å². The molecule has 8 nitrogen and oxygen atoms in total. The molecular weight excluding hydrogens is 394 g/mol. The molecule has 3 aliphatic heterocycles. The number of carbonyl (C=O) groups is 2. The summed E-state index contributed by atoms with van der Waals surface area (Å²) in [6, 6.07) is 6.80. The Morgan fingerprint density at radius 3 is 2.79 bits per heavy atom. The number of anilines is 1. The molecule has 0 aliphatic carbocycles. The molecule has 2 saturated heterocycles. The van der Waals surface area contributed by atoms with Crippen LogP contribution in [0.3, 0.4) is 0 Å². The van der Waals surface area contributed by atoms with Crippen LogP contribution >= 0.6 is 0 Å². The molecule has 4 rings (SSSR count). The number of sulfonamides is 1. The van der Waals surface area contributed by atoms with Gasteiger partial charge in [-0.25, -0.2) is 8.42 Å². The Balaban J connectivity index is 1.43. The number of nitrogens with one attached hydrogen (secondary N) is 2. The van der Waals surface area contributed by atoms with Crippen LogP contribution in [0.15, 0.2) is 29.2 Å². The van der Waals surface area contributed by atoms with E-state index in [9.17, 15) is 18.0 Å². The van der Waals surface area contributed by atoms with Crippen LogP contribution in [0.2, 0.25) is 0 Å². The van der Waals surface area contributed by atoms with Crippen molar-refractivity contribution in [2.75, 3.05) is 18.4 Å². The van der Waals surface area contributed by atoms with Crippen molar-refractivity contribution in [2.24, 2.45) is 11.8 Å². The minimum atomic E-state index is -3.59. The first-order valence-electron chi connectivity index (χ1n) is 10.0. The highest BCUT2D eigenvalue weighted by atomic mass is 32.2. The first-order chi connectivity index (χ1) is 13.6. The van der Waals surface area contributed by atoms with Crippen molar-refractivity contribution in [3.63, 3.8) is 0 Å². The van der Waals surface area contributed by atoms with Gasteiger partial charge in [0.05, 0.1) is 17.8 Å². The zero-order chi connectivity index (χ0) is 20.8. The number of hydrogen-bond donors (Lipinski definition) is 2. The van der Waals surface area contributed by atoms with Crippen molar-refractivity contribution in [3.05, 3.63) is 24.3 Å². The summed E-state index contributed by atoms with van der Waals surface area (Å²) in [5.74, 6) is -0.845. The van der Waals surface area contributed by atoms with Crippen LogP contribution in [0, 0.1) is 11.8 Å². The van der Waals surface area contributed by atoms with Gasteiger partial charge in [-0.05, 0) is 38.8 Å². The minimum absolute atomic E-state index is 0.0530. The summed E-state index contributed by atoms with van der Waals surface area (Å²) in [5.41, 5.74) is 0.0556. The second kappa shape index (κ2) is 7.28. The Bertz CT molecular complexity index is 930. The maximum Gasteiger partial charge on any atom is 0.310 e. The van der Waals surface area contributed by atoms with Crippen molar-refractivity contribution in [3.8, 4) is 0 Å². The summed E-state index contributed by atoms with van der Waals surface area (Å²) in [7, 11) is -3.59. The Hall–Kier alpha value is -2.13. The maximum absolute atomic E-state index is 12.8. The number of esters is 1. The Morgan fingerprint density at radius 2 is 2.07 bits per heavy atom. The molecule has 1 amide bonds. The van der Waals surface area contributed by atoms with Crippen LogP contribution in [0.5, 0.6) is 0 Å². The van der Waals surface area contributed by atoms with E-state index >= 15 is 0 Å². The van der Waals surface area contributed by atoms with E-state index in [2.05, 4.69) is 10.0 Å². The number of likely N-dealkylation sites (tertiary alicyclic amines) is 1. The van der Waals surface area contributed by atoms with Gasteiger partial charge in [-0.3, -0.25) is 9.59 Å². The molecule has 3 heterocycles. The topological polar surface area (TPSA) is 105 Å². The number of fused-ring (bicyclic) bond motifs is 1. The number of nitrogens with zero attached hydrogens (tertiary/aromatic N) is 1. The number of benzene rings is 1. The van der Waals surface area contributed by atoms with Gasteiger partial charge < -0.3 is 15.0 Å². The average Bonchev–Trinajstić information content (AvgIpc) is 2.92. The summed E-state index contributed by atoms with van der Waals surface area (Å²) in [6.45, 7) is 4.78. The lowest BCUT2D eigenvalue weighted by Gasteiger charge is -2.39. The summed E-state index contributed by atoms with van der Waals surface area (Å²) in [4.78, 5) is 26.8. The van der Waals surface area contributed by atoms with E-state index in [0.29, 0.717) is 25.2 Å². The molecule has 0 saturated carbocycles. The SMILES string of the molecule is CC1(C)C[C@H](CC(=O)N2CCC[C@@H]([C@@H]3Nc4ccccc4S(=O)(=O)N3)C2)C(=O)O1. The molecule has 3 atom stereocenters. The summed E-state index contributed by atoms with van der Waals surface area (Å²) < 4.78 is 33.2. The maximum atomic E-state index is 12.8. The van der Waals surface area contributed by atoms with Gasteiger partial charge in [-0.2, -0.15) is 4.72 Å². The van der Waals surface area contributed by atoms with E-state index in [1.165, 1.54) is 0 Å². The molecule has 0 aromatic heterocycles. The van der Waals surface area contributed by atoms with E-state index in [4.69, 9.17) is 4.74 Å². The van der Waals surface area contributed by atoms with E-state index < -0.39 is 27.7 Å². The van der Waals surface area contributed by atoms with E-state index in [1.807, 2.05) is 13.8 Å². The average molecular weight is 422 g/mol. The zero-order valence-corrected chi connectivity index (χ0v) is 17.5. The number of hydrogen-bond acceptors (Lipinski definition) is 6. The lowest BCUT2D eigenvalue weighted by molar-refractivity contribution is -0.150. The minimum Gasteiger partial charge on any atom is -0.459 e. The Kier molecular flexibility index (Phi) is 5.06. The molecule has 1 aromatic carbocycles. The Labute approximate surface area is 171 Å². The Morgan fingerprint density at radius 1 is 1.31 bits per heavy atom. The fourth-order valence-electron chi connectivity index (χ4n) is 4.54. The highest BCUT2D eigenvalue weighted by Crippen LogP contribution is 2.34. The molecule has 158 valence electrons. The molecule has 2 N–H and O–H groups in total. The quantitative estimate of drug-likeness (QED) is 0.720. The van der Waals surface area contributed by atoms with Crippen LogP contribution in [0.25, 0.3) is 0 Å². The smallest absolute Gasteiger partial charge is 0.310 e. The first-order valence-corrected chi connectivity index (χ1v) is 11.5. The number of cyclic esters (lactones) is 1. The van der Waals surface area contributed by atoms with Crippen LogP contribution in [-0.4, -0.2) is 50.1 Å². The van der Waals surface area contributed by atoms with Crippen LogP contribution in [0.4, 0.5) is 5.69 Å². The highest BCUT2D eigenvalue weighted by Gasteiger charge is 2.42. The number of para-hydroxylation sites is 1. The fraction of sp³-hybridized carbons (Fsp3) is 0.600. The summed E-state index contributed by atoms with van der Waals surface area (Å²) in [5, 5.41) is 3.27. The number of rotatable bonds is 3. The number of carbonyl (C=O) groups excluding carboxylic acids is 2. The third-order valence-electron chi connectivity index (χ3n) is 5.92. The van der Waals surface area contributed by atoms with E-state index in [1.54, 1.807) is 29.2 Å². The van der Waals surface area contributed by atoms with Gasteiger partial charge in [0.25, 0.3) is 0 Å². The van der Waals surface area contributed by atoms with Gasteiger partial charge in [0.2, 0.25) is 15.9 Å². The van der Waals surface area contributed by atoms with Gasteiger partial charge >= 0.3 is 5.97 Å². The van der Waals surface area contributed by atoms with Crippen molar-refractivity contribution in [2.45, 2.75) is 56.2 Å². The van der Waals surface area contributed by atoms with Crippen LogP contribution in [0.1, 0.15) is 39.5 Å². The molecule has 0 radical (unpaired) electrons. The van der Waals surface area contributed by atoms with E-state index in [-0.39, 0.29) is 29.1 Å². The molecule has 0 spiro atoms. The molecule has 0 bridgehead atoms. The summed E-state index contributed by atoms with van der Waals surface area (Å²) >= 11 is 0. The monoisotopic (exact) mass is 421 g/mol. The van der Waals surface area contributed by atoms with Crippen molar-refractivity contribution < 1.29 is 22.7 Å². The van der Waals surface area contributed by atoms with Gasteiger partial charge in [0.15, 0.2) is 0 Å². The van der Waals surface area contributed by atoms with Gasteiger partial charge in [0.1, 0.15) is 10.5 Å². The van der Waals surface area contributed by atoms with Crippen molar-refractivity contribution in [1.29, 1.82) is 0 Å². The highest BCUT2D eigenvalue weighted by molar-refractivity contribution is 7.89. The largest absolute Gasteiger partial charge is 0.459 e. The summed E-state index contributed by atoms with van der Waals surface area (Å²) in [6.07, 6.45) is 1.81. The third kappa shape index (κ3) is 4.11. The first kappa shape index (κ1) is 20.2. The van der Waals surface area contributed by atoms with Gasteiger partial charge in [-0.1, -0.05) is 12.1 Å². The van der Waals surface area contributed by atoms with Crippen LogP contribution < -0.4 is 10.0 Å². The molecular formula is C20H27N3O5S. The molecule has 9 heteroatoms. The van der Waals surface area contributed by atoms with Crippen molar-refractivity contribution in [1.82, 2.24) is 9.62 Å². The molecule has 0 unspecified atom stereocenters. The van der Waals surface area contributed by atoms with Gasteiger partial charge in [0, 0.05) is 31.8 Å². The number of piperidine rings is 1. The standard InChI is InChI=1S/C20H27N3O5S/c1-20(2)11-14(19(25)28-20)10-17(24)23-9-5-6-13(12-23)18-21-15-7-3-4-8-16(15)29(26,27)22-18/h3-4,7-8,13-14,18,21-22H,5-6,9-12H2,1-2H3/t13-,14+,18-/m1/s1. The number of ether oxygens (including phenoxy) is 1.